The van der Waals surface area contributed by atoms with Crippen molar-refractivity contribution in [2.75, 3.05) is 11.9 Å². The van der Waals surface area contributed by atoms with Gasteiger partial charge in [0.15, 0.2) is 0 Å². The first-order valence-corrected chi connectivity index (χ1v) is 6.20. The molecule has 1 N–H and O–H groups in total. The van der Waals surface area contributed by atoms with Crippen molar-refractivity contribution in [2.45, 2.75) is 25.2 Å². The average molecular weight is 323 g/mol. The Morgan fingerprint density at radius 3 is 2.41 bits per heavy atom. The van der Waals surface area contributed by atoms with Crippen LogP contribution >= 0.6 is 0 Å². The molecule has 9 heteroatoms. The van der Waals surface area contributed by atoms with Crippen molar-refractivity contribution in [2.24, 2.45) is 4.99 Å². The summed E-state index contributed by atoms with van der Waals surface area (Å²) < 4.78 is 77.4. The third kappa shape index (κ3) is 3.58. The van der Waals surface area contributed by atoms with Gasteiger partial charge >= 0.3 is 12.4 Å². The van der Waals surface area contributed by atoms with Crippen LogP contribution < -0.4 is 5.32 Å². The Balaban J connectivity index is 2.58. The molecule has 2 heterocycles. The minimum atomic E-state index is -4.98. The molecule has 3 nitrogen and oxygen atoms in total. The molecule has 1 aliphatic rings. The maximum atomic E-state index is 13.0. The van der Waals surface area contributed by atoms with Gasteiger partial charge in [-0.2, -0.15) is 26.3 Å². The smallest absolute Gasteiger partial charge is 0.350 e. The average Bonchev–Trinajstić information content (AvgIpc) is 2.46. The van der Waals surface area contributed by atoms with Gasteiger partial charge < -0.3 is 5.32 Å². The van der Waals surface area contributed by atoms with Gasteiger partial charge in [-0.3, -0.25) is 9.98 Å². The third-order valence-corrected chi connectivity index (χ3v) is 3.07. The topological polar surface area (TPSA) is 37.3 Å². The molecule has 0 saturated carbocycles. The fraction of sp³-hybridized carbons (Fsp3) is 0.385. The predicted octanol–water partition coefficient (Wildman–Crippen LogP) is 4.06. The normalized spacial score (nSPS) is 22.2. The van der Waals surface area contributed by atoms with Crippen molar-refractivity contribution in [3.63, 3.8) is 0 Å². The molecule has 22 heavy (non-hydrogen) atoms. The summed E-state index contributed by atoms with van der Waals surface area (Å²) in [6.45, 7) is 1.30. The number of hydrogen-bond donors (Lipinski definition) is 1. The monoisotopic (exact) mass is 323 g/mol. The SMILES string of the molecule is CC1CN=C(C(F)(F)F)/C=C(/C(F)(F)F)Nc2cnccc21. The van der Waals surface area contributed by atoms with Gasteiger partial charge in [0.1, 0.15) is 11.4 Å². The number of aromatic nitrogens is 1. The van der Waals surface area contributed by atoms with Gasteiger partial charge in [0.2, 0.25) is 0 Å². The van der Waals surface area contributed by atoms with Gasteiger partial charge in [0.05, 0.1) is 11.9 Å². The van der Waals surface area contributed by atoms with E-state index in [-0.39, 0.29) is 18.3 Å². The fourth-order valence-electron chi connectivity index (χ4n) is 1.96. The van der Waals surface area contributed by atoms with Gasteiger partial charge in [0.25, 0.3) is 0 Å². The van der Waals surface area contributed by atoms with E-state index in [9.17, 15) is 26.3 Å². The Hall–Kier alpha value is -2.06. The van der Waals surface area contributed by atoms with Crippen LogP contribution in [0.3, 0.4) is 0 Å². The molecule has 1 unspecified atom stereocenters. The van der Waals surface area contributed by atoms with Gasteiger partial charge in [-0.15, -0.1) is 0 Å². The molecule has 0 radical (unpaired) electrons. The number of fused-ring (bicyclic) bond motifs is 1. The van der Waals surface area contributed by atoms with E-state index in [1.165, 1.54) is 12.3 Å². The summed E-state index contributed by atoms with van der Waals surface area (Å²) in [5.74, 6) is -0.496. The standard InChI is InChI=1S/C13H11F6N3/c1-7-5-21-10(12(14,15)16)4-11(13(17,18)19)22-9-6-20-3-2-8(7)9/h2-4,6-7,22H,5H2,1H3/b11-4-,21-10?. The first-order valence-electron chi connectivity index (χ1n) is 6.20. The summed E-state index contributed by atoms with van der Waals surface area (Å²) in [6, 6.07) is 1.45. The second-order valence-corrected chi connectivity index (χ2v) is 4.77. The number of nitrogens with one attached hydrogen (secondary N) is 1. The number of alkyl halides is 6. The predicted molar refractivity (Wildman–Crippen MR) is 68.8 cm³/mol. The van der Waals surface area contributed by atoms with E-state index in [1.807, 2.05) is 5.32 Å². The van der Waals surface area contributed by atoms with Gasteiger partial charge in [0, 0.05) is 18.7 Å². The molecule has 0 spiro atoms. The zero-order chi connectivity index (χ0) is 16.5. The molecule has 1 aromatic rings. The van der Waals surface area contributed by atoms with E-state index < -0.39 is 29.7 Å². The van der Waals surface area contributed by atoms with E-state index in [2.05, 4.69) is 9.98 Å². The second kappa shape index (κ2) is 5.62. The molecular weight excluding hydrogens is 312 g/mol. The Labute approximate surface area is 121 Å². The number of anilines is 1. The highest BCUT2D eigenvalue weighted by Crippen LogP contribution is 2.33. The van der Waals surface area contributed by atoms with Crippen molar-refractivity contribution in [3.8, 4) is 0 Å². The first kappa shape index (κ1) is 16.3. The van der Waals surface area contributed by atoms with Gasteiger partial charge in [-0.25, -0.2) is 0 Å². The molecule has 0 amide bonds. The lowest BCUT2D eigenvalue weighted by molar-refractivity contribution is -0.0904. The summed E-state index contributed by atoms with van der Waals surface area (Å²) in [5, 5.41) is 2.00. The summed E-state index contributed by atoms with van der Waals surface area (Å²) in [4.78, 5) is 7.02. The van der Waals surface area contributed by atoms with Crippen molar-refractivity contribution < 1.29 is 26.3 Å². The van der Waals surface area contributed by atoms with Crippen LogP contribution in [0.15, 0.2) is 35.2 Å². The molecular formula is C13H11F6N3. The molecule has 0 aromatic carbocycles. The third-order valence-electron chi connectivity index (χ3n) is 3.07. The lowest BCUT2D eigenvalue weighted by atomic mass is 10.0. The molecule has 1 atom stereocenters. The van der Waals surface area contributed by atoms with E-state index >= 15 is 0 Å². The zero-order valence-electron chi connectivity index (χ0n) is 11.3. The molecule has 2 rings (SSSR count). The van der Waals surface area contributed by atoms with Crippen LogP contribution in [-0.4, -0.2) is 29.6 Å². The maximum Gasteiger partial charge on any atom is 0.432 e. The number of allylic oxidation sites excluding steroid dienone is 2. The highest BCUT2D eigenvalue weighted by atomic mass is 19.4. The molecule has 1 aromatic heterocycles. The van der Waals surface area contributed by atoms with Crippen molar-refractivity contribution >= 4 is 11.4 Å². The fourth-order valence-corrected chi connectivity index (χ4v) is 1.96. The van der Waals surface area contributed by atoms with E-state index in [0.29, 0.717) is 5.56 Å². The summed E-state index contributed by atoms with van der Waals surface area (Å²) in [6.07, 6.45) is -7.46. The Bertz CT molecular complexity index is 615. The largest absolute Gasteiger partial charge is 0.432 e. The number of hydrogen-bond acceptors (Lipinski definition) is 3. The van der Waals surface area contributed by atoms with Crippen LogP contribution in [0.4, 0.5) is 32.0 Å². The van der Waals surface area contributed by atoms with Crippen LogP contribution in [0.2, 0.25) is 0 Å². The Morgan fingerprint density at radius 1 is 1.14 bits per heavy atom. The molecule has 0 aliphatic carbocycles. The van der Waals surface area contributed by atoms with Crippen molar-refractivity contribution in [1.82, 2.24) is 4.98 Å². The summed E-state index contributed by atoms with van der Waals surface area (Å²) in [7, 11) is 0. The number of halogens is 6. The lowest BCUT2D eigenvalue weighted by Crippen LogP contribution is -2.26. The Morgan fingerprint density at radius 2 is 1.82 bits per heavy atom. The summed E-state index contributed by atoms with van der Waals surface area (Å²) >= 11 is 0. The molecule has 120 valence electrons. The number of pyridine rings is 1. The van der Waals surface area contributed by atoms with Crippen LogP contribution in [0.5, 0.6) is 0 Å². The zero-order valence-corrected chi connectivity index (χ0v) is 11.3. The van der Waals surface area contributed by atoms with E-state index in [1.54, 1.807) is 6.92 Å². The van der Waals surface area contributed by atoms with Crippen molar-refractivity contribution in [3.05, 3.63) is 35.8 Å². The second-order valence-electron chi connectivity index (χ2n) is 4.77. The number of nitrogens with zero attached hydrogens (tertiary/aromatic N) is 2. The minimum absolute atomic E-state index is 0.0113. The molecule has 0 saturated heterocycles. The van der Waals surface area contributed by atoms with Crippen molar-refractivity contribution in [1.29, 1.82) is 0 Å². The van der Waals surface area contributed by atoms with Gasteiger partial charge in [-0.05, 0) is 17.7 Å². The highest BCUT2D eigenvalue weighted by molar-refractivity contribution is 6.00. The molecule has 0 bridgehead atoms. The quantitative estimate of drug-likeness (QED) is 0.731. The van der Waals surface area contributed by atoms with E-state index in [0.717, 1.165) is 6.20 Å². The first-order chi connectivity index (χ1) is 10.1. The lowest BCUT2D eigenvalue weighted by Gasteiger charge is -2.17. The van der Waals surface area contributed by atoms with Crippen LogP contribution in [-0.2, 0) is 0 Å². The minimum Gasteiger partial charge on any atom is -0.350 e. The van der Waals surface area contributed by atoms with Crippen LogP contribution in [0.25, 0.3) is 0 Å². The highest BCUT2D eigenvalue weighted by Gasteiger charge is 2.40. The van der Waals surface area contributed by atoms with Crippen LogP contribution in [0, 0.1) is 0 Å². The Kier molecular flexibility index (Phi) is 4.17. The van der Waals surface area contributed by atoms with E-state index in [4.69, 9.17) is 0 Å². The van der Waals surface area contributed by atoms with Crippen LogP contribution in [0.1, 0.15) is 18.4 Å². The van der Waals surface area contributed by atoms with Gasteiger partial charge in [-0.1, -0.05) is 6.92 Å². The molecule has 1 aliphatic heterocycles. The number of aliphatic imine (C=N–C) groups is 1. The number of rotatable bonds is 0. The molecule has 0 fully saturated rings. The maximum absolute atomic E-state index is 13.0. The summed E-state index contributed by atoms with van der Waals surface area (Å²) in [5.41, 5.74) is -2.68.